The third-order valence-electron chi connectivity index (χ3n) is 6.27. The second-order valence-corrected chi connectivity index (χ2v) is 8.95. The number of hydrogen-bond acceptors (Lipinski definition) is 5. The van der Waals surface area contributed by atoms with Crippen LogP contribution in [0.4, 0.5) is 5.69 Å². The molecule has 5 aromatic rings. The van der Waals surface area contributed by atoms with Crippen molar-refractivity contribution in [3.8, 4) is 5.75 Å². The van der Waals surface area contributed by atoms with Gasteiger partial charge in [0.1, 0.15) is 16.9 Å². The van der Waals surface area contributed by atoms with Gasteiger partial charge in [-0.15, -0.1) is 0 Å². The van der Waals surface area contributed by atoms with Gasteiger partial charge in [0, 0.05) is 22.6 Å². The Kier molecular flexibility index (Phi) is 7.17. The van der Waals surface area contributed by atoms with Crippen LogP contribution >= 0.6 is 0 Å². The quantitative estimate of drug-likeness (QED) is 0.193. The minimum absolute atomic E-state index is 0.0110. The molecule has 0 fully saturated rings. The van der Waals surface area contributed by atoms with Crippen molar-refractivity contribution < 1.29 is 18.7 Å². The molecule has 0 atom stereocenters. The number of nitrogens with zero attached hydrogens (tertiary/aromatic N) is 1. The van der Waals surface area contributed by atoms with Crippen LogP contribution < -0.4 is 15.5 Å². The average Bonchev–Trinajstić information content (AvgIpc) is 3.30. The maximum atomic E-state index is 13.2. The standard InChI is InChI=1S/C31H27N3O4/c1-20(33-34-31(36)30(21-11-5-3-6-12-21)22-13-7-4-8-14-22)17-29(35)32-25-19-27-24(18-28(25)37-2)23-15-9-10-16-26(23)38-27/h3-16,18-19,30H,17H2,1-2H3,(H,32,35)(H,34,36)/b33-20-. The number of para-hydroxylation sites is 1. The van der Waals surface area contributed by atoms with Gasteiger partial charge < -0.3 is 14.5 Å². The topological polar surface area (TPSA) is 92.9 Å². The van der Waals surface area contributed by atoms with E-state index in [-0.39, 0.29) is 18.2 Å². The molecule has 7 heteroatoms. The minimum atomic E-state index is -0.525. The molecule has 0 spiro atoms. The van der Waals surface area contributed by atoms with Gasteiger partial charge in [-0.1, -0.05) is 78.9 Å². The van der Waals surface area contributed by atoms with Crippen LogP contribution in [0.15, 0.2) is 107 Å². The SMILES string of the molecule is COc1cc2c(cc1NC(=O)C/C(C)=N\NC(=O)C(c1ccccc1)c1ccccc1)oc1ccccc12. The molecule has 0 bridgehead atoms. The second-order valence-electron chi connectivity index (χ2n) is 8.95. The molecule has 0 radical (unpaired) electrons. The lowest BCUT2D eigenvalue weighted by Crippen LogP contribution is -2.27. The number of methoxy groups -OCH3 is 1. The summed E-state index contributed by atoms with van der Waals surface area (Å²) in [5, 5.41) is 8.96. The smallest absolute Gasteiger partial charge is 0.252 e. The van der Waals surface area contributed by atoms with Gasteiger partial charge in [-0.3, -0.25) is 9.59 Å². The van der Waals surface area contributed by atoms with E-state index in [1.165, 1.54) is 0 Å². The zero-order valence-electron chi connectivity index (χ0n) is 21.1. The van der Waals surface area contributed by atoms with Gasteiger partial charge >= 0.3 is 0 Å². The monoisotopic (exact) mass is 505 g/mol. The summed E-state index contributed by atoms with van der Waals surface area (Å²) in [6.07, 6.45) is -0.0110. The van der Waals surface area contributed by atoms with E-state index < -0.39 is 5.92 Å². The zero-order valence-corrected chi connectivity index (χ0v) is 21.1. The molecule has 2 N–H and O–H groups in total. The highest BCUT2D eigenvalue weighted by Gasteiger charge is 2.22. The molecule has 0 unspecified atom stereocenters. The first-order chi connectivity index (χ1) is 18.5. The normalized spacial score (nSPS) is 11.6. The molecule has 0 aliphatic rings. The number of benzene rings is 4. The van der Waals surface area contributed by atoms with Crippen molar-refractivity contribution in [2.45, 2.75) is 19.3 Å². The van der Waals surface area contributed by atoms with Gasteiger partial charge in [-0.2, -0.15) is 5.10 Å². The summed E-state index contributed by atoms with van der Waals surface area (Å²) < 4.78 is 11.5. The first-order valence-corrected chi connectivity index (χ1v) is 12.3. The number of carbonyl (C=O) groups is 2. The molecule has 38 heavy (non-hydrogen) atoms. The van der Waals surface area contributed by atoms with E-state index in [1.54, 1.807) is 20.1 Å². The fourth-order valence-corrected chi connectivity index (χ4v) is 4.49. The van der Waals surface area contributed by atoms with Crippen LogP contribution in [-0.4, -0.2) is 24.6 Å². The number of amides is 2. The summed E-state index contributed by atoms with van der Waals surface area (Å²) in [5.41, 5.74) is 6.71. The van der Waals surface area contributed by atoms with Crippen LogP contribution in [0.3, 0.4) is 0 Å². The zero-order chi connectivity index (χ0) is 26.5. The van der Waals surface area contributed by atoms with E-state index in [0.29, 0.717) is 22.7 Å². The number of rotatable bonds is 8. The molecular weight excluding hydrogens is 478 g/mol. The van der Waals surface area contributed by atoms with Crippen molar-refractivity contribution in [1.29, 1.82) is 0 Å². The van der Waals surface area contributed by atoms with Gasteiger partial charge in [-0.05, 0) is 30.2 Å². The Morgan fingerprint density at radius 1 is 0.842 bits per heavy atom. The molecule has 0 aliphatic heterocycles. The lowest BCUT2D eigenvalue weighted by molar-refractivity contribution is -0.121. The van der Waals surface area contributed by atoms with Crippen LogP contribution in [0.1, 0.15) is 30.4 Å². The van der Waals surface area contributed by atoms with Gasteiger partial charge in [0.2, 0.25) is 5.91 Å². The minimum Gasteiger partial charge on any atom is -0.495 e. The fraction of sp³-hybridized carbons (Fsp3) is 0.129. The highest BCUT2D eigenvalue weighted by molar-refractivity contribution is 6.10. The third-order valence-corrected chi connectivity index (χ3v) is 6.27. The van der Waals surface area contributed by atoms with E-state index >= 15 is 0 Å². The maximum Gasteiger partial charge on any atom is 0.252 e. The molecule has 1 heterocycles. The first-order valence-electron chi connectivity index (χ1n) is 12.3. The number of hydrazone groups is 1. The van der Waals surface area contributed by atoms with Crippen LogP contribution in [0.25, 0.3) is 21.9 Å². The number of furan rings is 1. The molecule has 0 saturated heterocycles. The number of ether oxygens (including phenoxy) is 1. The van der Waals surface area contributed by atoms with Crippen molar-refractivity contribution in [1.82, 2.24) is 5.43 Å². The number of fused-ring (bicyclic) bond motifs is 3. The lowest BCUT2D eigenvalue weighted by atomic mass is 9.91. The van der Waals surface area contributed by atoms with Gasteiger partial charge in [0.15, 0.2) is 0 Å². The average molecular weight is 506 g/mol. The third kappa shape index (κ3) is 5.27. The van der Waals surface area contributed by atoms with Crippen molar-refractivity contribution in [2.24, 2.45) is 5.10 Å². The summed E-state index contributed by atoms with van der Waals surface area (Å²) in [6.45, 7) is 1.69. The van der Waals surface area contributed by atoms with Crippen LogP contribution in [0.2, 0.25) is 0 Å². The highest BCUT2D eigenvalue weighted by atomic mass is 16.5. The Labute approximate surface area is 220 Å². The van der Waals surface area contributed by atoms with E-state index in [2.05, 4.69) is 15.8 Å². The number of carbonyl (C=O) groups excluding carboxylic acids is 2. The number of hydrogen-bond donors (Lipinski definition) is 2. The molecule has 2 amide bonds. The van der Waals surface area contributed by atoms with E-state index in [4.69, 9.17) is 9.15 Å². The predicted molar refractivity (Wildman–Crippen MR) is 149 cm³/mol. The van der Waals surface area contributed by atoms with Crippen LogP contribution in [0, 0.1) is 0 Å². The van der Waals surface area contributed by atoms with Crippen molar-refractivity contribution >= 4 is 45.2 Å². The lowest BCUT2D eigenvalue weighted by Gasteiger charge is -2.16. The molecule has 5 rings (SSSR count). The second kappa shape index (κ2) is 11.0. The molecule has 190 valence electrons. The molecule has 0 saturated carbocycles. The van der Waals surface area contributed by atoms with E-state index in [9.17, 15) is 9.59 Å². The van der Waals surface area contributed by atoms with Crippen LogP contribution in [0.5, 0.6) is 5.75 Å². The molecule has 1 aromatic heterocycles. The molecule has 4 aromatic carbocycles. The predicted octanol–water partition coefficient (Wildman–Crippen LogP) is 6.25. The van der Waals surface area contributed by atoms with Crippen molar-refractivity contribution in [3.63, 3.8) is 0 Å². The highest BCUT2D eigenvalue weighted by Crippen LogP contribution is 2.36. The number of anilines is 1. The van der Waals surface area contributed by atoms with Crippen molar-refractivity contribution in [2.75, 3.05) is 12.4 Å². The maximum absolute atomic E-state index is 13.2. The summed E-state index contributed by atoms with van der Waals surface area (Å²) in [7, 11) is 1.55. The van der Waals surface area contributed by atoms with Crippen molar-refractivity contribution in [3.05, 3.63) is 108 Å². The summed E-state index contributed by atoms with van der Waals surface area (Å²) in [6, 6.07) is 30.4. The summed E-state index contributed by atoms with van der Waals surface area (Å²) in [5.74, 6) is -0.576. The van der Waals surface area contributed by atoms with Gasteiger partial charge in [0.05, 0.1) is 25.1 Å². The van der Waals surface area contributed by atoms with Gasteiger partial charge in [-0.25, -0.2) is 5.43 Å². The molecule has 7 nitrogen and oxygen atoms in total. The van der Waals surface area contributed by atoms with E-state index in [1.807, 2.05) is 91.0 Å². The largest absolute Gasteiger partial charge is 0.495 e. The Balaban J connectivity index is 1.29. The summed E-state index contributed by atoms with van der Waals surface area (Å²) in [4.78, 5) is 26.0. The Morgan fingerprint density at radius 2 is 1.47 bits per heavy atom. The first kappa shape index (κ1) is 24.8. The Hall–Kier alpha value is -4.91. The Bertz CT molecular complexity index is 1590. The summed E-state index contributed by atoms with van der Waals surface area (Å²) >= 11 is 0. The molecule has 0 aliphatic carbocycles. The fourth-order valence-electron chi connectivity index (χ4n) is 4.49. The molecular formula is C31H27N3O4. The van der Waals surface area contributed by atoms with E-state index in [0.717, 1.165) is 27.5 Å². The number of nitrogens with one attached hydrogen (secondary N) is 2. The van der Waals surface area contributed by atoms with Gasteiger partial charge in [0.25, 0.3) is 5.91 Å². The Morgan fingerprint density at radius 3 is 2.13 bits per heavy atom. The van der Waals surface area contributed by atoms with Crippen LogP contribution in [-0.2, 0) is 9.59 Å².